The number of nitrogens with zero attached hydrogens (tertiary/aromatic N) is 1. The molecular weight excluding hydrogens is 266 g/mol. The summed E-state index contributed by atoms with van der Waals surface area (Å²) < 4.78 is 5.20. The third-order valence-corrected chi connectivity index (χ3v) is 3.97. The van der Waals surface area contributed by atoms with Crippen LogP contribution in [0.25, 0.3) is 0 Å². The van der Waals surface area contributed by atoms with Crippen molar-refractivity contribution >= 4 is 5.91 Å². The molecule has 1 saturated heterocycles. The van der Waals surface area contributed by atoms with Crippen molar-refractivity contribution in [3.05, 3.63) is 23.7 Å². The van der Waals surface area contributed by atoms with Gasteiger partial charge in [0.1, 0.15) is 12.0 Å². The molecule has 1 fully saturated rings. The molecule has 1 aliphatic rings. The number of hydrogen-bond acceptors (Lipinski definition) is 4. The summed E-state index contributed by atoms with van der Waals surface area (Å²) in [6.45, 7) is 10.1. The van der Waals surface area contributed by atoms with Gasteiger partial charge in [0.25, 0.3) is 5.91 Å². The zero-order valence-electron chi connectivity index (χ0n) is 13.3. The summed E-state index contributed by atoms with van der Waals surface area (Å²) in [5.74, 6) is 2.01. The molecule has 5 nitrogen and oxygen atoms in total. The normalized spacial score (nSPS) is 24.8. The number of piperidine rings is 1. The second-order valence-corrected chi connectivity index (χ2v) is 6.54. The molecular formula is C16H27N3O2. The number of hydrogen-bond donors (Lipinski definition) is 2. The second-order valence-electron chi connectivity index (χ2n) is 6.54. The lowest BCUT2D eigenvalue weighted by Gasteiger charge is -2.36. The van der Waals surface area contributed by atoms with E-state index in [0.717, 1.165) is 31.5 Å². The van der Waals surface area contributed by atoms with Crippen molar-refractivity contribution in [1.82, 2.24) is 10.2 Å². The first-order valence-corrected chi connectivity index (χ1v) is 7.78. The number of nitrogens with two attached hydrogens (primary N) is 1. The van der Waals surface area contributed by atoms with E-state index in [1.807, 2.05) is 6.92 Å². The lowest BCUT2D eigenvalue weighted by atomic mass is 9.92. The van der Waals surface area contributed by atoms with Crippen LogP contribution < -0.4 is 11.1 Å². The Morgan fingerprint density at radius 1 is 1.48 bits per heavy atom. The van der Waals surface area contributed by atoms with Crippen LogP contribution in [-0.2, 0) is 6.54 Å². The average molecular weight is 293 g/mol. The Morgan fingerprint density at radius 2 is 2.14 bits per heavy atom. The minimum absolute atomic E-state index is 0.0935. The molecule has 0 spiro atoms. The van der Waals surface area contributed by atoms with E-state index in [-0.39, 0.29) is 11.9 Å². The Kier molecular flexibility index (Phi) is 5.42. The van der Waals surface area contributed by atoms with Crippen molar-refractivity contribution in [3.63, 3.8) is 0 Å². The molecule has 21 heavy (non-hydrogen) atoms. The van der Waals surface area contributed by atoms with E-state index in [0.29, 0.717) is 17.9 Å². The lowest BCUT2D eigenvalue weighted by molar-refractivity contribution is 0.0904. The fourth-order valence-corrected chi connectivity index (χ4v) is 3.29. The zero-order valence-corrected chi connectivity index (χ0v) is 13.3. The van der Waals surface area contributed by atoms with Crippen LogP contribution in [0.2, 0.25) is 0 Å². The molecule has 5 heteroatoms. The van der Waals surface area contributed by atoms with E-state index in [2.05, 4.69) is 24.1 Å². The van der Waals surface area contributed by atoms with Gasteiger partial charge in [-0.15, -0.1) is 0 Å². The van der Waals surface area contributed by atoms with Crippen LogP contribution >= 0.6 is 0 Å². The van der Waals surface area contributed by atoms with E-state index in [1.54, 1.807) is 6.07 Å². The highest BCUT2D eigenvalue weighted by atomic mass is 16.3. The first-order chi connectivity index (χ1) is 9.97. The maximum Gasteiger partial charge on any atom is 0.254 e. The first kappa shape index (κ1) is 16.0. The number of carbonyl (C=O) groups excluding carboxylic acids is 1. The van der Waals surface area contributed by atoms with Gasteiger partial charge in [-0.05, 0) is 31.2 Å². The van der Waals surface area contributed by atoms with E-state index in [4.69, 9.17) is 10.2 Å². The third-order valence-electron chi connectivity index (χ3n) is 3.97. The van der Waals surface area contributed by atoms with E-state index < -0.39 is 0 Å². The molecule has 118 valence electrons. The summed E-state index contributed by atoms with van der Waals surface area (Å²) >= 11 is 0. The van der Waals surface area contributed by atoms with Crippen LogP contribution in [0.4, 0.5) is 0 Å². The molecule has 0 aliphatic carbocycles. The third kappa shape index (κ3) is 4.58. The first-order valence-electron chi connectivity index (χ1n) is 7.78. The Morgan fingerprint density at radius 3 is 2.71 bits per heavy atom. The molecule has 0 bridgehead atoms. The highest BCUT2D eigenvalue weighted by molar-refractivity contribution is 5.94. The minimum atomic E-state index is -0.0935. The summed E-state index contributed by atoms with van der Waals surface area (Å²) in [5.41, 5.74) is 6.03. The monoisotopic (exact) mass is 293 g/mol. The summed E-state index contributed by atoms with van der Waals surface area (Å²) in [7, 11) is 0. The fraction of sp³-hybridized carbons (Fsp3) is 0.688. The Balaban J connectivity index is 1.83. The molecule has 0 aromatic carbocycles. The van der Waals surface area contributed by atoms with Gasteiger partial charge in [-0.1, -0.05) is 13.8 Å². The van der Waals surface area contributed by atoms with Gasteiger partial charge in [0.15, 0.2) is 0 Å². The quantitative estimate of drug-likeness (QED) is 0.869. The largest absolute Gasteiger partial charge is 0.467 e. The van der Waals surface area contributed by atoms with Gasteiger partial charge in [0.2, 0.25) is 0 Å². The maximum atomic E-state index is 12.1. The van der Waals surface area contributed by atoms with Gasteiger partial charge >= 0.3 is 0 Å². The molecule has 3 unspecified atom stereocenters. The molecule has 0 radical (unpaired) electrons. The van der Waals surface area contributed by atoms with Crippen LogP contribution in [0.5, 0.6) is 0 Å². The minimum Gasteiger partial charge on any atom is -0.467 e. The summed E-state index contributed by atoms with van der Waals surface area (Å²) in [6.07, 6.45) is 2.77. The van der Waals surface area contributed by atoms with Crippen LogP contribution in [0.3, 0.4) is 0 Å². The van der Waals surface area contributed by atoms with E-state index >= 15 is 0 Å². The Bertz CT molecular complexity index is 462. The van der Waals surface area contributed by atoms with Crippen LogP contribution in [-0.4, -0.2) is 36.5 Å². The molecule has 3 N–H and O–H groups in total. The predicted octanol–water partition coefficient (Wildman–Crippen LogP) is 1.83. The number of likely N-dealkylation sites (tertiary alicyclic amines) is 1. The highest BCUT2D eigenvalue weighted by Crippen LogP contribution is 2.20. The van der Waals surface area contributed by atoms with Crippen LogP contribution in [0.1, 0.15) is 43.3 Å². The van der Waals surface area contributed by atoms with E-state index in [9.17, 15) is 4.79 Å². The number of furan rings is 1. The van der Waals surface area contributed by atoms with Gasteiger partial charge in [-0.3, -0.25) is 4.79 Å². The van der Waals surface area contributed by atoms with Gasteiger partial charge < -0.3 is 20.4 Å². The Hall–Kier alpha value is -1.33. The smallest absolute Gasteiger partial charge is 0.254 e. The van der Waals surface area contributed by atoms with Crippen molar-refractivity contribution < 1.29 is 9.21 Å². The Labute approximate surface area is 126 Å². The second kappa shape index (κ2) is 7.09. The molecule has 0 saturated carbocycles. The highest BCUT2D eigenvalue weighted by Gasteiger charge is 2.23. The van der Waals surface area contributed by atoms with Crippen LogP contribution in [0.15, 0.2) is 16.7 Å². The number of carbonyl (C=O) groups is 1. The molecule has 1 amide bonds. The van der Waals surface area contributed by atoms with Crippen molar-refractivity contribution in [2.45, 2.75) is 39.8 Å². The average Bonchev–Trinajstić information content (AvgIpc) is 2.85. The molecule has 2 rings (SSSR count). The zero-order chi connectivity index (χ0) is 15.4. The predicted molar refractivity (Wildman–Crippen MR) is 82.9 cm³/mol. The SMILES string of the molecule is CC1CC(C)CN(CC(C)NC(=O)c2coc(CN)c2)C1. The topological polar surface area (TPSA) is 71.5 Å². The standard InChI is InChI=1S/C16H27N3O2/c1-11-4-12(2)8-19(7-11)9-13(3)18-16(20)14-5-15(6-17)21-10-14/h5,10-13H,4,6-9,17H2,1-3H3,(H,18,20). The van der Waals surface area contributed by atoms with E-state index in [1.165, 1.54) is 12.7 Å². The van der Waals surface area contributed by atoms with Crippen LogP contribution in [0, 0.1) is 11.8 Å². The summed E-state index contributed by atoms with van der Waals surface area (Å²) in [4.78, 5) is 14.6. The lowest BCUT2D eigenvalue weighted by Crippen LogP contribution is -2.46. The maximum absolute atomic E-state index is 12.1. The number of rotatable bonds is 5. The van der Waals surface area contributed by atoms with Gasteiger partial charge in [0, 0.05) is 25.7 Å². The molecule has 3 atom stereocenters. The molecule has 1 aromatic heterocycles. The molecule has 2 heterocycles. The number of amides is 1. The van der Waals surface area contributed by atoms with Gasteiger partial charge in [-0.25, -0.2) is 0 Å². The summed E-state index contributed by atoms with van der Waals surface area (Å²) in [6, 6.07) is 1.82. The van der Waals surface area contributed by atoms with Crippen molar-refractivity contribution in [2.24, 2.45) is 17.6 Å². The van der Waals surface area contributed by atoms with Crippen molar-refractivity contribution in [1.29, 1.82) is 0 Å². The summed E-state index contributed by atoms with van der Waals surface area (Å²) in [5, 5.41) is 3.03. The van der Waals surface area contributed by atoms with Gasteiger partial charge in [-0.2, -0.15) is 0 Å². The van der Waals surface area contributed by atoms with Gasteiger partial charge in [0.05, 0.1) is 12.1 Å². The molecule has 1 aliphatic heterocycles. The fourth-order valence-electron chi connectivity index (χ4n) is 3.29. The number of nitrogens with one attached hydrogen (secondary N) is 1. The van der Waals surface area contributed by atoms with Crippen molar-refractivity contribution in [3.8, 4) is 0 Å². The molecule has 1 aromatic rings. The van der Waals surface area contributed by atoms with Crippen molar-refractivity contribution in [2.75, 3.05) is 19.6 Å².